The van der Waals surface area contributed by atoms with Crippen molar-refractivity contribution in [2.75, 3.05) is 49.2 Å². The number of thiazole rings is 1. The molecule has 1 amide bonds. The summed E-state index contributed by atoms with van der Waals surface area (Å²) in [6, 6.07) is 15.1. The van der Waals surface area contributed by atoms with E-state index < -0.39 is 9.84 Å². The quantitative estimate of drug-likeness (QED) is 0.670. The number of hydrogen-bond acceptors (Lipinski definition) is 7. The highest BCUT2D eigenvalue weighted by molar-refractivity contribution is 7.90. The van der Waals surface area contributed by atoms with E-state index in [1.807, 2.05) is 18.2 Å². The van der Waals surface area contributed by atoms with Crippen molar-refractivity contribution in [2.24, 2.45) is 0 Å². The fourth-order valence-electron chi connectivity index (χ4n) is 3.35. The molecule has 7 nitrogen and oxygen atoms in total. The summed E-state index contributed by atoms with van der Waals surface area (Å²) in [6.45, 7) is 3.71. The van der Waals surface area contributed by atoms with Gasteiger partial charge in [0, 0.05) is 38.1 Å². The topological polar surface area (TPSA) is 82.6 Å². The number of nitrogens with zero attached hydrogens (tertiary/aromatic N) is 3. The van der Waals surface area contributed by atoms with Crippen LogP contribution in [0.1, 0.15) is 0 Å². The summed E-state index contributed by atoms with van der Waals surface area (Å²) in [7, 11) is -3.27. The highest BCUT2D eigenvalue weighted by Crippen LogP contribution is 2.28. The lowest BCUT2D eigenvalue weighted by Gasteiger charge is -2.35. The van der Waals surface area contributed by atoms with Crippen molar-refractivity contribution in [3.8, 4) is 0 Å². The van der Waals surface area contributed by atoms with Crippen molar-refractivity contribution in [3.05, 3.63) is 48.5 Å². The molecule has 1 aliphatic heterocycles. The number of sulfone groups is 1. The molecule has 1 fully saturated rings. The van der Waals surface area contributed by atoms with Crippen LogP contribution in [0.5, 0.6) is 0 Å². The molecule has 0 radical (unpaired) electrons. The minimum absolute atomic E-state index is 0.111. The molecule has 1 N–H and O–H groups in total. The van der Waals surface area contributed by atoms with Gasteiger partial charge >= 0.3 is 0 Å². The molecule has 152 valence electrons. The Morgan fingerprint density at radius 3 is 2.52 bits per heavy atom. The largest absolute Gasteiger partial charge is 0.369 e. The van der Waals surface area contributed by atoms with Crippen molar-refractivity contribution in [2.45, 2.75) is 4.90 Å². The molecule has 2 aromatic carbocycles. The van der Waals surface area contributed by atoms with Crippen molar-refractivity contribution in [1.82, 2.24) is 9.88 Å². The smallest absolute Gasteiger partial charge is 0.240 e. The summed E-state index contributed by atoms with van der Waals surface area (Å²) in [5.74, 6) is -0.111. The number of amides is 1. The second-order valence-electron chi connectivity index (χ2n) is 7.07. The van der Waals surface area contributed by atoms with Gasteiger partial charge in [-0.05, 0) is 30.3 Å². The molecule has 0 spiro atoms. The summed E-state index contributed by atoms with van der Waals surface area (Å²) in [5.41, 5.74) is 1.88. The van der Waals surface area contributed by atoms with E-state index in [1.54, 1.807) is 12.1 Å². The zero-order chi connectivity index (χ0) is 20.4. The molecular formula is C20H22N4O3S2. The number of para-hydroxylation sites is 1. The predicted molar refractivity (Wildman–Crippen MR) is 116 cm³/mol. The number of rotatable bonds is 5. The second-order valence-corrected chi connectivity index (χ2v) is 10.1. The van der Waals surface area contributed by atoms with Crippen LogP contribution in [0.15, 0.2) is 53.4 Å². The first kappa shape index (κ1) is 19.8. The molecule has 1 aromatic heterocycles. The van der Waals surface area contributed by atoms with Crippen LogP contribution in [-0.2, 0) is 14.6 Å². The third kappa shape index (κ3) is 4.75. The van der Waals surface area contributed by atoms with Crippen LogP contribution in [0.2, 0.25) is 0 Å². The van der Waals surface area contributed by atoms with Crippen LogP contribution >= 0.6 is 11.3 Å². The Kier molecular flexibility index (Phi) is 5.53. The molecule has 0 aliphatic carbocycles. The first-order valence-corrected chi connectivity index (χ1v) is 12.0. The van der Waals surface area contributed by atoms with Gasteiger partial charge in [0.2, 0.25) is 5.91 Å². The third-order valence-corrected chi connectivity index (χ3v) is 6.94. The highest BCUT2D eigenvalue weighted by atomic mass is 32.2. The number of fused-ring (bicyclic) bond motifs is 1. The standard InChI is InChI=1S/C20H22N4O3S2/c1-29(26,27)16-7-8-17-18(13-16)28-20(21-17)22-19(25)14-23-9-11-24(12-10-23)15-5-3-2-4-6-15/h2-8,13H,9-12,14H2,1H3,(H,21,22,25). The lowest BCUT2D eigenvalue weighted by Crippen LogP contribution is -2.48. The Hall–Kier alpha value is -2.49. The molecular weight excluding hydrogens is 408 g/mol. The average Bonchev–Trinajstić information content (AvgIpc) is 3.09. The SMILES string of the molecule is CS(=O)(=O)c1ccc2nc(NC(=O)CN3CCN(c4ccccc4)CC3)sc2c1. The van der Waals surface area contributed by atoms with Crippen LogP contribution in [0.3, 0.4) is 0 Å². The molecule has 1 aliphatic rings. The lowest BCUT2D eigenvalue weighted by atomic mass is 10.2. The molecule has 29 heavy (non-hydrogen) atoms. The third-order valence-electron chi connectivity index (χ3n) is 4.90. The van der Waals surface area contributed by atoms with Gasteiger partial charge in [-0.25, -0.2) is 13.4 Å². The first-order valence-electron chi connectivity index (χ1n) is 9.31. The van der Waals surface area contributed by atoms with Gasteiger partial charge in [-0.2, -0.15) is 0 Å². The van der Waals surface area contributed by atoms with Gasteiger partial charge in [0.05, 0.1) is 21.7 Å². The second kappa shape index (κ2) is 8.10. The van der Waals surface area contributed by atoms with E-state index >= 15 is 0 Å². The number of nitrogens with one attached hydrogen (secondary N) is 1. The maximum atomic E-state index is 12.4. The number of piperazine rings is 1. The number of benzene rings is 2. The molecule has 3 aromatic rings. The van der Waals surface area contributed by atoms with Crippen molar-refractivity contribution in [3.63, 3.8) is 0 Å². The fraction of sp³-hybridized carbons (Fsp3) is 0.300. The van der Waals surface area contributed by atoms with E-state index in [4.69, 9.17) is 0 Å². The predicted octanol–water partition coefficient (Wildman–Crippen LogP) is 2.46. The molecule has 0 unspecified atom stereocenters. The van der Waals surface area contributed by atoms with E-state index in [2.05, 4.69) is 32.2 Å². The molecule has 0 saturated carbocycles. The van der Waals surface area contributed by atoms with E-state index in [-0.39, 0.29) is 10.8 Å². The number of aromatic nitrogens is 1. The van der Waals surface area contributed by atoms with E-state index in [1.165, 1.54) is 29.3 Å². The van der Waals surface area contributed by atoms with Gasteiger partial charge in [-0.15, -0.1) is 0 Å². The van der Waals surface area contributed by atoms with Crippen LogP contribution in [-0.4, -0.2) is 63.2 Å². The van der Waals surface area contributed by atoms with Crippen LogP contribution < -0.4 is 10.2 Å². The summed E-state index contributed by atoms with van der Waals surface area (Å²) < 4.78 is 24.1. The fourth-order valence-corrected chi connectivity index (χ4v) is 5.00. The minimum Gasteiger partial charge on any atom is -0.369 e. The molecule has 9 heteroatoms. The van der Waals surface area contributed by atoms with Gasteiger partial charge in [0.1, 0.15) is 0 Å². The number of anilines is 2. The van der Waals surface area contributed by atoms with Gasteiger partial charge in [-0.3, -0.25) is 9.69 Å². The maximum Gasteiger partial charge on any atom is 0.240 e. The van der Waals surface area contributed by atoms with Crippen molar-refractivity contribution in [1.29, 1.82) is 0 Å². The average molecular weight is 431 g/mol. The van der Waals surface area contributed by atoms with Gasteiger partial charge in [0.15, 0.2) is 15.0 Å². The minimum atomic E-state index is -3.27. The van der Waals surface area contributed by atoms with Crippen LogP contribution in [0, 0.1) is 0 Å². The number of carbonyl (C=O) groups is 1. The monoisotopic (exact) mass is 430 g/mol. The summed E-state index contributed by atoms with van der Waals surface area (Å²) in [5, 5.41) is 3.33. The molecule has 2 heterocycles. The molecule has 0 bridgehead atoms. The summed E-state index contributed by atoms with van der Waals surface area (Å²) in [4.78, 5) is 21.5. The van der Waals surface area contributed by atoms with Crippen molar-refractivity contribution < 1.29 is 13.2 Å². The summed E-state index contributed by atoms with van der Waals surface area (Å²) in [6.07, 6.45) is 1.18. The normalized spacial score (nSPS) is 15.6. The first-order chi connectivity index (χ1) is 13.9. The Bertz CT molecular complexity index is 1120. The van der Waals surface area contributed by atoms with Gasteiger partial charge in [0.25, 0.3) is 0 Å². The van der Waals surface area contributed by atoms with Crippen LogP contribution in [0.25, 0.3) is 10.2 Å². The Morgan fingerprint density at radius 2 is 1.83 bits per heavy atom. The zero-order valence-corrected chi connectivity index (χ0v) is 17.7. The van der Waals surface area contributed by atoms with Crippen LogP contribution in [0.4, 0.5) is 10.8 Å². The van der Waals surface area contributed by atoms with Gasteiger partial charge in [-0.1, -0.05) is 29.5 Å². The summed E-state index contributed by atoms with van der Waals surface area (Å²) >= 11 is 1.28. The lowest BCUT2D eigenvalue weighted by molar-refractivity contribution is -0.117. The zero-order valence-electron chi connectivity index (χ0n) is 16.0. The Labute approximate surface area is 173 Å². The van der Waals surface area contributed by atoms with E-state index in [0.29, 0.717) is 17.2 Å². The Morgan fingerprint density at radius 1 is 1.10 bits per heavy atom. The molecule has 1 saturated heterocycles. The van der Waals surface area contributed by atoms with Gasteiger partial charge < -0.3 is 10.2 Å². The number of carbonyl (C=O) groups excluding carboxylic acids is 1. The van der Waals surface area contributed by atoms with E-state index in [9.17, 15) is 13.2 Å². The maximum absolute atomic E-state index is 12.4. The number of hydrogen-bond donors (Lipinski definition) is 1. The van der Waals surface area contributed by atoms with E-state index in [0.717, 1.165) is 30.9 Å². The molecule has 0 atom stereocenters. The van der Waals surface area contributed by atoms with Crippen molar-refractivity contribution >= 4 is 48.1 Å². The highest BCUT2D eigenvalue weighted by Gasteiger charge is 2.20. The Balaban J connectivity index is 1.34. The molecule has 4 rings (SSSR count).